The van der Waals surface area contributed by atoms with E-state index in [1.807, 2.05) is 20.8 Å². The van der Waals surface area contributed by atoms with E-state index in [9.17, 15) is 4.79 Å². The zero-order chi connectivity index (χ0) is 11.7. The first-order chi connectivity index (χ1) is 6.81. The number of hydrogen-bond donors (Lipinski definition) is 1. The van der Waals surface area contributed by atoms with Gasteiger partial charge in [-0.3, -0.25) is 4.79 Å². The minimum atomic E-state index is -0.551. The minimum Gasteiger partial charge on any atom is -0.468 e. The van der Waals surface area contributed by atoms with Gasteiger partial charge in [0.25, 0.3) is 0 Å². The van der Waals surface area contributed by atoms with Crippen molar-refractivity contribution >= 4 is 5.97 Å². The maximum atomic E-state index is 11.3. The minimum absolute atomic E-state index is 0.180. The molecule has 0 aromatic heterocycles. The highest BCUT2D eigenvalue weighted by molar-refractivity contribution is 5.77. The third-order valence-electron chi connectivity index (χ3n) is 2.80. The Balaban J connectivity index is 2.49. The van der Waals surface area contributed by atoms with Gasteiger partial charge in [0.05, 0.1) is 19.3 Å². The number of rotatable bonds is 4. The van der Waals surface area contributed by atoms with Crippen molar-refractivity contribution in [3.8, 4) is 0 Å². The Kier molecular flexibility index (Phi) is 3.41. The molecule has 0 aromatic carbocycles. The molecule has 0 bridgehead atoms. The molecular weight excluding hydrogens is 194 g/mol. The molecule has 0 spiro atoms. The van der Waals surface area contributed by atoms with Crippen molar-refractivity contribution in [2.45, 2.75) is 45.3 Å². The molecule has 0 radical (unpaired) electrons. The molecule has 0 saturated heterocycles. The maximum absolute atomic E-state index is 11.3. The molecule has 0 heterocycles. The first kappa shape index (κ1) is 12.5. The number of esters is 1. The van der Waals surface area contributed by atoms with Crippen LogP contribution in [-0.2, 0) is 14.3 Å². The van der Waals surface area contributed by atoms with Crippen LogP contribution in [0, 0.1) is 5.41 Å². The van der Waals surface area contributed by atoms with Gasteiger partial charge in [-0.1, -0.05) is 0 Å². The smallest absolute Gasteiger partial charge is 0.323 e. The Morgan fingerprint density at radius 3 is 2.33 bits per heavy atom. The monoisotopic (exact) mass is 215 g/mol. The lowest BCUT2D eigenvalue weighted by molar-refractivity contribution is -0.145. The van der Waals surface area contributed by atoms with Crippen LogP contribution in [0.3, 0.4) is 0 Å². The van der Waals surface area contributed by atoms with E-state index in [1.165, 1.54) is 7.11 Å². The largest absolute Gasteiger partial charge is 0.468 e. The molecule has 2 N–H and O–H groups in total. The topological polar surface area (TPSA) is 61.5 Å². The molecular formula is C11H21NO3. The molecule has 0 aromatic rings. The van der Waals surface area contributed by atoms with Crippen LogP contribution in [0.5, 0.6) is 0 Å². The fraction of sp³-hybridized carbons (Fsp3) is 0.909. The Morgan fingerprint density at radius 2 is 2.00 bits per heavy atom. The van der Waals surface area contributed by atoms with Crippen LogP contribution in [0.4, 0.5) is 0 Å². The maximum Gasteiger partial charge on any atom is 0.323 e. The zero-order valence-corrected chi connectivity index (χ0v) is 10.0. The van der Waals surface area contributed by atoms with Gasteiger partial charge in [0.15, 0.2) is 0 Å². The number of nitrogens with two attached hydrogens (primary N) is 1. The highest BCUT2D eigenvalue weighted by Gasteiger charge is 2.52. The summed E-state index contributed by atoms with van der Waals surface area (Å²) in [5, 5.41) is 0. The first-order valence-corrected chi connectivity index (χ1v) is 5.28. The van der Waals surface area contributed by atoms with Gasteiger partial charge in [0, 0.05) is 5.41 Å². The van der Waals surface area contributed by atoms with Gasteiger partial charge in [-0.05, 0) is 33.6 Å². The lowest BCUT2D eigenvalue weighted by atomic mass is 9.98. The Bertz CT molecular complexity index is 241. The normalized spacial score (nSPS) is 20.9. The molecule has 4 nitrogen and oxygen atoms in total. The van der Waals surface area contributed by atoms with Crippen LogP contribution in [0.15, 0.2) is 0 Å². The summed E-state index contributed by atoms with van der Waals surface area (Å²) >= 11 is 0. The van der Waals surface area contributed by atoms with E-state index < -0.39 is 6.04 Å². The second kappa shape index (κ2) is 4.10. The van der Waals surface area contributed by atoms with Gasteiger partial charge in [0.2, 0.25) is 0 Å². The fourth-order valence-electron chi connectivity index (χ4n) is 1.44. The van der Waals surface area contributed by atoms with Crippen molar-refractivity contribution < 1.29 is 14.3 Å². The van der Waals surface area contributed by atoms with E-state index in [1.54, 1.807) is 0 Å². The molecule has 15 heavy (non-hydrogen) atoms. The fourth-order valence-corrected chi connectivity index (χ4v) is 1.44. The van der Waals surface area contributed by atoms with Crippen LogP contribution in [0.25, 0.3) is 0 Å². The van der Waals surface area contributed by atoms with Gasteiger partial charge >= 0.3 is 5.97 Å². The lowest BCUT2D eigenvalue weighted by Crippen LogP contribution is -2.43. The van der Waals surface area contributed by atoms with Crippen LogP contribution < -0.4 is 5.73 Å². The Labute approximate surface area is 91.1 Å². The van der Waals surface area contributed by atoms with Crippen molar-refractivity contribution in [2.75, 3.05) is 13.7 Å². The summed E-state index contributed by atoms with van der Waals surface area (Å²) in [5.74, 6) is -0.343. The third kappa shape index (κ3) is 3.18. The number of ether oxygens (including phenoxy) is 2. The van der Waals surface area contributed by atoms with Gasteiger partial charge in [0.1, 0.15) is 6.04 Å². The summed E-state index contributed by atoms with van der Waals surface area (Å²) in [7, 11) is 1.36. The Hall–Kier alpha value is -0.610. The van der Waals surface area contributed by atoms with Crippen LogP contribution in [-0.4, -0.2) is 31.3 Å². The van der Waals surface area contributed by atoms with Crippen molar-refractivity contribution in [1.29, 1.82) is 0 Å². The molecule has 0 amide bonds. The molecule has 1 atom stereocenters. The zero-order valence-electron chi connectivity index (χ0n) is 10.0. The van der Waals surface area contributed by atoms with E-state index in [-0.39, 0.29) is 17.0 Å². The summed E-state index contributed by atoms with van der Waals surface area (Å²) in [6, 6.07) is -0.551. The van der Waals surface area contributed by atoms with Crippen LogP contribution in [0.2, 0.25) is 0 Å². The molecule has 0 aliphatic heterocycles. The number of hydrogen-bond acceptors (Lipinski definition) is 4. The van der Waals surface area contributed by atoms with Crippen molar-refractivity contribution in [3.63, 3.8) is 0 Å². The molecule has 1 rings (SSSR count). The summed E-state index contributed by atoms with van der Waals surface area (Å²) in [6.07, 6.45) is 1.89. The first-order valence-electron chi connectivity index (χ1n) is 5.28. The SMILES string of the molecule is COC(=O)C(N)C1(COC(C)(C)C)CC1. The van der Waals surface area contributed by atoms with Crippen LogP contribution in [0.1, 0.15) is 33.6 Å². The van der Waals surface area contributed by atoms with Gasteiger partial charge in [-0.2, -0.15) is 0 Å². The van der Waals surface area contributed by atoms with Crippen molar-refractivity contribution in [1.82, 2.24) is 0 Å². The van der Waals surface area contributed by atoms with E-state index in [0.717, 1.165) is 12.8 Å². The number of methoxy groups -OCH3 is 1. The van der Waals surface area contributed by atoms with E-state index >= 15 is 0 Å². The van der Waals surface area contributed by atoms with Gasteiger partial charge < -0.3 is 15.2 Å². The molecule has 4 heteroatoms. The van der Waals surface area contributed by atoms with Crippen molar-refractivity contribution in [3.05, 3.63) is 0 Å². The summed E-state index contributed by atoms with van der Waals surface area (Å²) in [6.45, 7) is 6.51. The number of carbonyl (C=O) groups excluding carboxylic acids is 1. The van der Waals surface area contributed by atoms with Crippen LogP contribution >= 0.6 is 0 Å². The standard InChI is InChI=1S/C11H21NO3/c1-10(2,3)15-7-11(5-6-11)8(12)9(13)14-4/h8H,5-7,12H2,1-4H3. The highest BCUT2D eigenvalue weighted by Crippen LogP contribution is 2.49. The molecule has 1 unspecified atom stereocenters. The van der Waals surface area contributed by atoms with E-state index in [0.29, 0.717) is 6.61 Å². The van der Waals surface area contributed by atoms with E-state index in [2.05, 4.69) is 4.74 Å². The second-order valence-corrected chi connectivity index (χ2v) is 5.26. The molecule has 88 valence electrons. The predicted octanol–water partition coefficient (Wildman–Crippen LogP) is 1.08. The van der Waals surface area contributed by atoms with E-state index in [4.69, 9.17) is 10.5 Å². The van der Waals surface area contributed by atoms with Crippen molar-refractivity contribution in [2.24, 2.45) is 11.1 Å². The summed E-state index contributed by atoms with van der Waals surface area (Å²) in [4.78, 5) is 11.3. The molecule has 1 saturated carbocycles. The lowest BCUT2D eigenvalue weighted by Gasteiger charge is -2.26. The summed E-state index contributed by atoms with van der Waals surface area (Å²) in [5.41, 5.74) is 5.47. The van der Waals surface area contributed by atoms with Gasteiger partial charge in [-0.15, -0.1) is 0 Å². The number of carbonyl (C=O) groups is 1. The molecule has 1 aliphatic carbocycles. The average molecular weight is 215 g/mol. The molecule has 1 aliphatic rings. The average Bonchev–Trinajstić information content (AvgIpc) is 2.92. The van der Waals surface area contributed by atoms with Gasteiger partial charge in [-0.25, -0.2) is 0 Å². The Morgan fingerprint density at radius 1 is 1.47 bits per heavy atom. The molecule has 1 fully saturated rings. The summed E-state index contributed by atoms with van der Waals surface area (Å²) < 4.78 is 10.3. The second-order valence-electron chi connectivity index (χ2n) is 5.26. The quantitative estimate of drug-likeness (QED) is 0.713. The predicted molar refractivity (Wildman–Crippen MR) is 57.4 cm³/mol. The highest BCUT2D eigenvalue weighted by atomic mass is 16.5. The third-order valence-corrected chi connectivity index (χ3v) is 2.80.